The van der Waals surface area contributed by atoms with Crippen LogP contribution in [0.15, 0.2) is 30.7 Å². The smallest absolute Gasteiger partial charge is 0.372 e. The third kappa shape index (κ3) is 3.65. The van der Waals surface area contributed by atoms with Crippen molar-refractivity contribution in [3.8, 4) is 0 Å². The first-order valence-corrected chi connectivity index (χ1v) is 5.74. The molecule has 2 rings (SSSR count). The standard InChI is InChI=1S/C12H10F3N5O/c1-16-10-6-17-5-8(20-10)11(21)19-7-2-3-9(18-4-7)12(13,14)15/h2-6H,1H3,(H,16,20)(H,19,21). The van der Waals surface area contributed by atoms with E-state index in [9.17, 15) is 18.0 Å². The fraction of sp³-hybridized carbons (Fsp3) is 0.167. The molecule has 0 radical (unpaired) electrons. The summed E-state index contributed by atoms with van der Waals surface area (Å²) in [5.41, 5.74) is -0.871. The van der Waals surface area contributed by atoms with Crippen molar-refractivity contribution < 1.29 is 18.0 Å². The van der Waals surface area contributed by atoms with Gasteiger partial charge in [0.2, 0.25) is 0 Å². The van der Waals surface area contributed by atoms with E-state index in [0.717, 1.165) is 18.3 Å². The summed E-state index contributed by atoms with van der Waals surface area (Å²) in [7, 11) is 1.62. The first-order chi connectivity index (χ1) is 9.90. The molecule has 0 fully saturated rings. The number of pyridine rings is 1. The molecule has 2 aromatic rings. The second-order valence-corrected chi connectivity index (χ2v) is 3.92. The average Bonchev–Trinajstić information content (AvgIpc) is 2.47. The maximum absolute atomic E-state index is 12.4. The highest BCUT2D eigenvalue weighted by molar-refractivity contribution is 6.02. The molecule has 1 amide bonds. The molecule has 2 aromatic heterocycles. The van der Waals surface area contributed by atoms with Gasteiger partial charge in [-0.15, -0.1) is 0 Å². The van der Waals surface area contributed by atoms with Crippen LogP contribution in [-0.4, -0.2) is 27.9 Å². The van der Waals surface area contributed by atoms with Gasteiger partial charge < -0.3 is 10.6 Å². The molecule has 0 saturated heterocycles. The Hall–Kier alpha value is -2.71. The summed E-state index contributed by atoms with van der Waals surface area (Å²) in [6, 6.07) is 1.90. The second kappa shape index (κ2) is 5.73. The van der Waals surface area contributed by atoms with Crippen molar-refractivity contribution in [1.29, 1.82) is 0 Å². The summed E-state index contributed by atoms with van der Waals surface area (Å²) in [4.78, 5) is 22.9. The van der Waals surface area contributed by atoms with Crippen LogP contribution in [0.5, 0.6) is 0 Å². The molecule has 0 aliphatic carbocycles. The van der Waals surface area contributed by atoms with Crippen LogP contribution in [0, 0.1) is 0 Å². The SMILES string of the molecule is CNc1cncc(C(=O)Nc2ccc(C(F)(F)F)nc2)n1. The molecule has 110 valence electrons. The van der Waals surface area contributed by atoms with E-state index in [4.69, 9.17) is 0 Å². The van der Waals surface area contributed by atoms with Crippen LogP contribution >= 0.6 is 0 Å². The molecule has 0 aromatic carbocycles. The average molecular weight is 297 g/mol. The zero-order valence-corrected chi connectivity index (χ0v) is 10.8. The number of hydrogen-bond donors (Lipinski definition) is 2. The lowest BCUT2D eigenvalue weighted by Crippen LogP contribution is -2.15. The number of alkyl halides is 3. The predicted octanol–water partition coefficient (Wildman–Crippen LogP) is 2.18. The van der Waals surface area contributed by atoms with Crippen molar-refractivity contribution in [2.45, 2.75) is 6.18 Å². The van der Waals surface area contributed by atoms with Crippen molar-refractivity contribution in [3.05, 3.63) is 42.1 Å². The number of halogens is 3. The second-order valence-electron chi connectivity index (χ2n) is 3.92. The van der Waals surface area contributed by atoms with Gasteiger partial charge in [0.15, 0.2) is 0 Å². The van der Waals surface area contributed by atoms with Gasteiger partial charge in [-0.2, -0.15) is 13.2 Å². The Bertz CT molecular complexity index is 642. The van der Waals surface area contributed by atoms with E-state index in [1.165, 1.54) is 12.4 Å². The van der Waals surface area contributed by atoms with Crippen molar-refractivity contribution in [1.82, 2.24) is 15.0 Å². The molecule has 21 heavy (non-hydrogen) atoms. The van der Waals surface area contributed by atoms with E-state index in [0.29, 0.717) is 5.82 Å². The van der Waals surface area contributed by atoms with Crippen molar-refractivity contribution in [3.63, 3.8) is 0 Å². The molecule has 0 unspecified atom stereocenters. The maximum Gasteiger partial charge on any atom is 0.433 e. The van der Waals surface area contributed by atoms with Crippen LogP contribution in [0.1, 0.15) is 16.2 Å². The maximum atomic E-state index is 12.4. The zero-order valence-electron chi connectivity index (χ0n) is 10.8. The number of aromatic nitrogens is 3. The summed E-state index contributed by atoms with van der Waals surface area (Å²) in [6.07, 6.45) is -0.921. The molecule has 2 N–H and O–H groups in total. The monoisotopic (exact) mass is 297 g/mol. The molecule has 0 aliphatic heterocycles. The third-order valence-corrected chi connectivity index (χ3v) is 2.44. The van der Waals surface area contributed by atoms with Crippen LogP contribution < -0.4 is 10.6 Å². The van der Waals surface area contributed by atoms with Crippen molar-refractivity contribution >= 4 is 17.4 Å². The fourth-order valence-corrected chi connectivity index (χ4v) is 1.43. The van der Waals surface area contributed by atoms with E-state index >= 15 is 0 Å². The summed E-state index contributed by atoms with van der Waals surface area (Å²) >= 11 is 0. The Morgan fingerprint density at radius 2 is 1.95 bits per heavy atom. The number of nitrogens with zero attached hydrogens (tertiary/aromatic N) is 3. The highest BCUT2D eigenvalue weighted by Crippen LogP contribution is 2.27. The van der Waals surface area contributed by atoms with Crippen LogP contribution in [0.3, 0.4) is 0 Å². The Balaban J connectivity index is 2.12. The zero-order chi connectivity index (χ0) is 15.5. The number of rotatable bonds is 3. The van der Waals surface area contributed by atoms with E-state index < -0.39 is 17.8 Å². The number of carbonyl (C=O) groups excluding carboxylic acids is 1. The van der Waals surface area contributed by atoms with E-state index in [1.807, 2.05) is 0 Å². The summed E-state index contributed by atoms with van der Waals surface area (Å²) in [6.45, 7) is 0. The third-order valence-electron chi connectivity index (χ3n) is 2.44. The van der Waals surface area contributed by atoms with Gasteiger partial charge >= 0.3 is 6.18 Å². The van der Waals surface area contributed by atoms with Crippen LogP contribution in [0.25, 0.3) is 0 Å². The quantitative estimate of drug-likeness (QED) is 0.907. The van der Waals surface area contributed by atoms with Crippen LogP contribution in [0.4, 0.5) is 24.7 Å². The summed E-state index contributed by atoms with van der Waals surface area (Å²) in [5.74, 6) is -0.200. The molecule has 9 heteroatoms. The number of carbonyl (C=O) groups is 1. The minimum Gasteiger partial charge on any atom is -0.372 e. The summed E-state index contributed by atoms with van der Waals surface area (Å²) < 4.78 is 37.1. The molecule has 0 atom stereocenters. The minimum atomic E-state index is -4.52. The molecule has 2 heterocycles. The topological polar surface area (TPSA) is 79.8 Å². The fourth-order valence-electron chi connectivity index (χ4n) is 1.43. The molecule has 0 saturated carbocycles. The van der Waals surface area contributed by atoms with Crippen molar-refractivity contribution in [2.75, 3.05) is 17.7 Å². The van der Waals surface area contributed by atoms with Gasteiger partial charge in [-0.3, -0.25) is 9.78 Å². The molecular weight excluding hydrogens is 287 g/mol. The normalized spacial score (nSPS) is 11.0. The Morgan fingerprint density at radius 3 is 2.52 bits per heavy atom. The first-order valence-electron chi connectivity index (χ1n) is 5.74. The lowest BCUT2D eigenvalue weighted by atomic mass is 10.3. The van der Waals surface area contributed by atoms with Gasteiger partial charge in [0.1, 0.15) is 17.2 Å². The first kappa shape index (κ1) is 14.7. The van der Waals surface area contributed by atoms with Gasteiger partial charge in [-0.1, -0.05) is 0 Å². The lowest BCUT2D eigenvalue weighted by Gasteiger charge is -2.08. The van der Waals surface area contributed by atoms with Gasteiger partial charge in [-0.05, 0) is 12.1 Å². The molecule has 6 nitrogen and oxygen atoms in total. The van der Waals surface area contributed by atoms with Gasteiger partial charge in [0.05, 0.1) is 24.3 Å². The van der Waals surface area contributed by atoms with Gasteiger partial charge in [0.25, 0.3) is 5.91 Å². The predicted molar refractivity (Wildman–Crippen MR) is 68.8 cm³/mol. The molecule has 0 aliphatic rings. The highest BCUT2D eigenvalue weighted by Gasteiger charge is 2.32. The minimum absolute atomic E-state index is 0.0294. The van der Waals surface area contributed by atoms with Crippen molar-refractivity contribution in [2.24, 2.45) is 0 Å². The lowest BCUT2D eigenvalue weighted by molar-refractivity contribution is -0.141. The van der Waals surface area contributed by atoms with Crippen LogP contribution in [-0.2, 0) is 6.18 Å². The van der Waals surface area contributed by atoms with E-state index in [1.54, 1.807) is 7.05 Å². The summed E-state index contributed by atoms with van der Waals surface area (Å²) in [5, 5.41) is 5.11. The Morgan fingerprint density at radius 1 is 1.19 bits per heavy atom. The van der Waals surface area contributed by atoms with E-state index in [-0.39, 0.29) is 11.4 Å². The number of anilines is 2. The van der Waals surface area contributed by atoms with Crippen LogP contribution in [0.2, 0.25) is 0 Å². The Kier molecular flexibility index (Phi) is 4.01. The number of hydrogen-bond acceptors (Lipinski definition) is 5. The van der Waals surface area contributed by atoms with Gasteiger partial charge in [0, 0.05) is 7.05 Å². The molecule has 0 bridgehead atoms. The highest BCUT2D eigenvalue weighted by atomic mass is 19.4. The molecule has 0 spiro atoms. The van der Waals surface area contributed by atoms with E-state index in [2.05, 4.69) is 25.6 Å². The largest absolute Gasteiger partial charge is 0.433 e. The molecular formula is C12H10F3N5O. The number of nitrogens with one attached hydrogen (secondary N) is 2. The van der Waals surface area contributed by atoms with Gasteiger partial charge in [-0.25, -0.2) is 9.97 Å². The number of amides is 1. The Labute approximate surface area is 117 Å².